The summed E-state index contributed by atoms with van der Waals surface area (Å²) in [6.07, 6.45) is 0.290. The molecule has 4 aromatic rings. The Kier molecular flexibility index (Phi) is 4.52. The van der Waals surface area contributed by atoms with Gasteiger partial charge in [-0.15, -0.1) is 0 Å². The molecule has 0 amide bonds. The first kappa shape index (κ1) is 18.1. The van der Waals surface area contributed by atoms with Gasteiger partial charge in [0.15, 0.2) is 11.3 Å². The van der Waals surface area contributed by atoms with Gasteiger partial charge in [0.25, 0.3) is 0 Å². The van der Waals surface area contributed by atoms with Crippen molar-refractivity contribution >= 4 is 34.1 Å². The number of hydrogen-bond acceptors (Lipinski definition) is 6. The fraction of sp³-hybridized carbons (Fsp3) is 0.0556. The molecule has 0 saturated carbocycles. The highest BCUT2D eigenvalue weighted by atomic mass is 35.5. The molecule has 4 rings (SSSR count). The van der Waals surface area contributed by atoms with Crippen LogP contribution in [0.2, 0.25) is 5.02 Å². The van der Waals surface area contributed by atoms with E-state index in [4.69, 9.17) is 11.6 Å². The molecule has 4 aromatic heterocycles. The van der Waals surface area contributed by atoms with Crippen LogP contribution in [0.4, 0.5) is 24.7 Å². The first-order valence-electron chi connectivity index (χ1n) is 7.95. The van der Waals surface area contributed by atoms with Crippen molar-refractivity contribution in [3.63, 3.8) is 0 Å². The predicted molar refractivity (Wildman–Crippen MR) is 98.1 cm³/mol. The molecule has 1 N–H and O–H groups in total. The molecule has 0 spiro atoms. The minimum Gasteiger partial charge on any atom is -0.338 e. The van der Waals surface area contributed by atoms with Gasteiger partial charge in [-0.2, -0.15) is 13.2 Å². The minimum atomic E-state index is -4.54. The van der Waals surface area contributed by atoms with E-state index in [0.717, 1.165) is 6.20 Å². The van der Waals surface area contributed by atoms with Crippen molar-refractivity contribution in [3.05, 3.63) is 65.8 Å². The van der Waals surface area contributed by atoms with Crippen molar-refractivity contribution in [1.82, 2.24) is 24.9 Å². The van der Waals surface area contributed by atoms with Crippen LogP contribution in [-0.2, 0) is 6.18 Å². The molecule has 0 aromatic carbocycles. The molecule has 140 valence electrons. The van der Waals surface area contributed by atoms with Gasteiger partial charge in [-0.05, 0) is 30.3 Å². The predicted octanol–water partition coefficient (Wildman–Crippen LogP) is 4.90. The van der Waals surface area contributed by atoms with Gasteiger partial charge in [-0.1, -0.05) is 11.6 Å². The highest BCUT2D eigenvalue weighted by Gasteiger charge is 2.32. The Labute approximate surface area is 161 Å². The van der Waals surface area contributed by atoms with Crippen LogP contribution < -0.4 is 5.32 Å². The molecule has 0 bridgehead atoms. The van der Waals surface area contributed by atoms with Crippen LogP contribution in [0.25, 0.3) is 22.4 Å². The summed E-state index contributed by atoms with van der Waals surface area (Å²) in [4.78, 5) is 20.1. The Morgan fingerprint density at radius 1 is 0.893 bits per heavy atom. The molecule has 0 aliphatic carbocycles. The van der Waals surface area contributed by atoms with E-state index in [9.17, 15) is 13.2 Å². The highest BCUT2D eigenvalue weighted by molar-refractivity contribution is 6.32. The molecule has 0 unspecified atom stereocenters. The number of nitrogens with one attached hydrogen (secondary N) is 1. The van der Waals surface area contributed by atoms with Crippen LogP contribution in [0.5, 0.6) is 0 Å². The topological polar surface area (TPSA) is 76.5 Å². The standard InChI is InChI=1S/C18H10ClF3N6/c19-11-2-1-6-23-16(11)13-4-3-10-12(5-7-24-17(10)28-13)27-15-9-25-14(8-26-15)18(20,21)22/h1-9H,(H,24,26,27,28). The van der Waals surface area contributed by atoms with Gasteiger partial charge < -0.3 is 5.32 Å². The fourth-order valence-corrected chi connectivity index (χ4v) is 2.74. The first-order chi connectivity index (χ1) is 13.4. The van der Waals surface area contributed by atoms with Crippen LogP contribution in [0.15, 0.2) is 55.1 Å². The Morgan fingerprint density at radius 2 is 1.75 bits per heavy atom. The van der Waals surface area contributed by atoms with Crippen LogP contribution in [0.1, 0.15) is 5.69 Å². The third kappa shape index (κ3) is 3.56. The van der Waals surface area contributed by atoms with Gasteiger partial charge in [-0.25, -0.2) is 19.9 Å². The van der Waals surface area contributed by atoms with E-state index in [1.807, 2.05) is 0 Å². The molecule has 28 heavy (non-hydrogen) atoms. The summed E-state index contributed by atoms with van der Waals surface area (Å²) in [5.74, 6) is 0.164. The molecule has 6 nitrogen and oxygen atoms in total. The molecular formula is C18H10ClF3N6. The van der Waals surface area contributed by atoms with Crippen LogP contribution in [0, 0.1) is 0 Å². The summed E-state index contributed by atoms with van der Waals surface area (Å²) in [5, 5.41) is 4.05. The van der Waals surface area contributed by atoms with Gasteiger partial charge in [0.2, 0.25) is 0 Å². The maximum Gasteiger partial charge on any atom is 0.434 e. The van der Waals surface area contributed by atoms with Crippen molar-refractivity contribution in [2.75, 3.05) is 5.32 Å². The van der Waals surface area contributed by atoms with Gasteiger partial charge in [0.1, 0.15) is 11.5 Å². The average molecular weight is 403 g/mol. The quantitative estimate of drug-likeness (QED) is 0.525. The molecule has 10 heteroatoms. The third-order valence-corrected chi connectivity index (χ3v) is 4.11. The normalized spacial score (nSPS) is 11.6. The zero-order valence-corrected chi connectivity index (χ0v) is 14.7. The van der Waals surface area contributed by atoms with E-state index >= 15 is 0 Å². The van der Waals surface area contributed by atoms with E-state index in [1.54, 1.807) is 36.5 Å². The maximum atomic E-state index is 12.6. The molecule has 0 aliphatic rings. The lowest BCUT2D eigenvalue weighted by Crippen LogP contribution is -2.09. The lowest BCUT2D eigenvalue weighted by Gasteiger charge is -2.10. The van der Waals surface area contributed by atoms with E-state index in [0.29, 0.717) is 39.3 Å². The second-order valence-corrected chi connectivity index (χ2v) is 6.08. The number of rotatable bonds is 3. The zero-order valence-electron chi connectivity index (χ0n) is 13.9. The fourth-order valence-electron chi connectivity index (χ4n) is 2.52. The smallest absolute Gasteiger partial charge is 0.338 e. The number of hydrogen-bond donors (Lipinski definition) is 1. The molecule has 0 radical (unpaired) electrons. The van der Waals surface area contributed by atoms with Gasteiger partial charge in [-0.3, -0.25) is 4.98 Å². The molecule has 0 fully saturated rings. The third-order valence-electron chi connectivity index (χ3n) is 3.81. The van der Waals surface area contributed by atoms with Crippen LogP contribution in [0.3, 0.4) is 0 Å². The number of alkyl halides is 3. The number of anilines is 2. The Hall–Kier alpha value is -3.33. The second kappa shape index (κ2) is 7.01. The Bertz CT molecular complexity index is 1150. The van der Waals surface area contributed by atoms with Crippen molar-refractivity contribution in [3.8, 4) is 11.4 Å². The molecule has 4 heterocycles. The van der Waals surface area contributed by atoms with E-state index < -0.39 is 11.9 Å². The summed E-state index contributed by atoms with van der Waals surface area (Å²) in [7, 11) is 0. The maximum absolute atomic E-state index is 12.6. The van der Waals surface area contributed by atoms with Crippen molar-refractivity contribution in [2.24, 2.45) is 0 Å². The van der Waals surface area contributed by atoms with Crippen molar-refractivity contribution in [2.45, 2.75) is 6.18 Å². The average Bonchev–Trinajstić information content (AvgIpc) is 2.68. The molecule has 0 saturated heterocycles. The van der Waals surface area contributed by atoms with E-state index in [1.165, 1.54) is 6.20 Å². The first-order valence-corrected chi connectivity index (χ1v) is 8.32. The molecule has 0 atom stereocenters. The van der Waals surface area contributed by atoms with Gasteiger partial charge in [0.05, 0.1) is 28.8 Å². The molecular weight excluding hydrogens is 393 g/mol. The lowest BCUT2D eigenvalue weighted by molar-refractivity contribution is -0.141. The monoisotopic (exact) mass is 402 g/mol. The summed E-state index contributed by atoms with van der Waals surface area (Å²) < 4.78 is 37.8. The number of pyridine rings is 3. The Morgan fingerprint density at radius 3 is 2.46 bits per heavy atom. The molecule has 0 aliphatic heterocycles. The van der Waals surface area contributed by atoms with Crippen LogP contribution >= 0.6 is 11.6 Å². The SMILES string of the molecule is FC(F)(F)c1cnc(Nc2ccnc3nc(-c4ncccc4Cl)ccc23)cn1. The summed E-state index contributed by atoms with van der Waals surface area (Å²) in [5.41, 5.74) is 1.02. The van der Waals surface area contributed by atoms with E-state index in [2.05, 4.69) is 30.2 Å². The Balaban J connectivity index is 1.68. The second-order valence-electron chi connectivity index (χ2n) is 5.67. The van der Waals surface area contributed by atoms with Crippen LogP contribution in [-0.4, -0.2) is 24.9 Å². The van der Waals surface area contributed by atoms with Crippen molar-refractivity contribution in [1.29, 1.82) is 0 Å². The zero-order chi connectivity index (χ0) is 19.7. The van der Waals surface area contributed by atoms with E-state index in [-0.39, 0.29) is 5.82 Å². The van der Waals surface area contributed by atoms with Gasteiger partial charge >= 0.3 is 6.18 Å². The number of nitrogens with zero attached hydrogens (tertiary/aromatic N) is 5. The highest BCUT2D eigenvalue weighted by Crippen LogP contribution is 2.30. The lowest BCUT2D eigenvalue weighted by atomic mass is 10.2. The largest absolute Gasteiger partial charge is 0.434 e. The summed E-state index contributed by atoms with van der Waals surface area (Å²) in [6, 6.07) is 8.61. The number of aromatic nitrogens is 5. The summed E-state index contributed by atoms with van der Waals surface area (Å²) in [6.45, 7) is 0. The van der Waals surface area contributed by atoms with Gasteiger partial charge in [0, 0.05) is 17.8 Å². The summed E-state index contributed by atoms with van der Waals surface area (Å²) >= 11 is 6.16. The number of halogens is 4. The van der Waals surface area contributed by atoms with Crippen molar-refractivity contribution < 1.29 is 13.2 Å². The minimum absolute atomic E-state index is 0.164. The number of fused-ring (bicyclic) bond motifs is 1.